The molecule has 1 heterocycles. The van der Waals surface area contributed by atoms with Gasteiger partial charge in [-0.05, 0) is 37.8 Å². The Balaban J connectivity index is 1.95. The van der Waals surface area contributed by atoms with Crippen molar-refractivity contribution in [2.75, 3.05) is 25.0 Å². The van der Waals surface area contributed by atoms with E-state index < -0.39 is 11.9 Å². The largest absolute Gasteiger partial charge is 0.462 e. The van der Waals surface area contributed by atoms with Crippen LogP contribution in [-0.4, -0.2) is 42.4 Å². The number of esters is 1. The van der Waals surface area contributed by atoms with Crippen LogP contribution in [0.1, 0.15) is 43.5 Å². The number of likely N-dealkylation sites (tertiary alicyclic amines) is 1. The lowest BCUT2D eigenvalue weighted by Gasteiger charge is -2.30. The number of rotatable bonds is 5. The van der Waals surface area contributed by atoms with Gasteiger partial charge in [0.05, 0.1) is 17.9 Å². The molecular formula is C18H24N2O4. The highest BCUT2D eigenvalue weighted by atomic mass is 16.5. The van der Waals surface area contributed by atoms with Crippen molar-refractivity contribution in [2.45, 2.75) is 33.1 Å². The Morgan fingerprint density at radius 1 is 1.21 bits per heavy atom. The third-order valence-corrected chi connectivity index (χ3v) is 4.14. The molecule has 24 heavy (non-hydrogen) atoms. The summed E-state index contributed by atoms with van der Waals surface area (Å²) in [7, 11) is 0. The first-order chi connectivity index (χ1) is 11.5. The number of anilines is 1. The van der Waals surface area contributed by atoms with E-state index in [0.717, 1.165) is 12.8 Å². The van der Waals surface area contributed by atoms with Gasteiger partial charge < -0.3 is 15.0 Å². The average molecular weight is 332 g/mol. The number of nitrogens with zero attached hydrogens (tertiary/aromatic N) is 1. The van der Waals surface area contributed by atoms with Gasteiger partial charge in [-0.1, -0.05) is 19.1 Å². The number of hydrogen-bond donors (Lipinski definition) is 1. The van der Waals surface area contributed by atoms with E-state index in [1.54, 1.807) is 36.1 Å². The minimum absolute atomic E-state index is 0.173. The number of piperidine rings is 1. The molecule has 0 aliphatic carbocycles. The number of carbonyl (C=O) groups excluding carboxylic acids is 3. The van der Waals surface area contributed by atoms with Gasteiger partial charge in [0.25, 0.3) is 0 Å². The first kappa shape index (κ1) is 18.0. The van der Waals surface area contributed by atoms with Gasteiger partial charge in [-0.25, -0.2) is 4.79 Å². The van der Waals surface area contributed by atoms with Gasteiger partial charge >= 0.3 is 5.97 Å². The summed E-state index contributed by atoms with van der Waals surface area (Å²) in [6.07, 6.45) is 1.73. The second-order valence-electron chi connectivity index (χ2n) is 6.05. The fraction of sp³-hybridized carbons (Fsp3) is 0.500. The molecule has 1 fully saturated rings. The van der Waals surface area contributed by atoms with Crippen LogP contribution in [0.2, 0.25) is 0 Å². The fourth-order valence-corrected chi connectivity index (χ4v) is 2.68. The number of carbonyl (C=O) groups is 3. The minimum atomic E-state index is -0.496. The Morgan fingerprint density at radius 2 is 1.88 bits per heavy atom. The molecule has 0 saturated carbocycles. The standard InChI is InChI=1S/C18H24N2O4/c1-3-24-18(23)14-6-4-5-7-15(14)19-16(21)12-17(22)20-10-8-13(2)9-11-20/h4-7,13H,3,8-12H2,1-2H3,(H,19,21). The molecule has 130 valence electrons. The Kier molecular flexibility index (Phi) is 6.35. The summed E-state index contributed by atoms with van der Waals surface area (Å²) >= 11 is 0. The van der Waals surface area contributed by atoms with E-state index in [1.807, 2.05) is 0 Å². The van der Waals surface area contributed by atoms with Gasteiger partial charge in [0.2, 0.25) is 11.8 Å². The maximum Gasteiger partial charge on any atom is 0.340 e. The molecule has 0 aromatic heterocycles. The van der Waals surface area contributed by atoms with Crippen molar-refractivity contribution in [3.63, 3.8) is 0 Å². The Morgan fingerprint density at radius 3 is 2.54 bits per heavy atom. The van der Waals surface area contributed by atoms with E-state index in [1.165, 1.54) is 0 Å². The third kappa shape index (κ3) is 4.81. The second kappa shape index (κ2) is 8.47. The molecule has 2 amide bonds. The molecule has 1 aliphatic heterocycles. The highest BCUT2D eigenvalue weighted by Gasteiger charge is 2.22. The average Bonchev–Trinajstić information content (AvgIpc) is 2.56. The minimum Gasteiger partial charge on any atom is -0.462 e. The number of para-hydroxylation sites is 1. The number of nitrogens with one attached hydrogen (secondary N) is 1. The van der Waals surface area contributed by atoms with Gasteiger partial charge in [0.15, 0.2) is 0 Å². The molecule has 0 bridgehead atoms. The zero-order chi connectivity index (χ0) is 17.5. The Bertz CT molecular complexity index is 607. The summed E-state index contributed by atoms with van der Waals surface area (Å²) in [4.78, 5) is 38.0. The van der Waals surface area contributed by atoms with Gasteiger partial charge in [0, 0.05) is 13.1 Å². The highest BCUT2D eigenvalue weighted by molar-refractivity contribution is 6.06. The van der Waals surface area contributed by atoms with Crippen molar-refractivity contribution < 1.29 is 19.1 Å². The summed E-state index contributed by atoms with van der Waals surface area (Å²) in [5.74, 6) is -0.465. The molecule has 0 radical (unpaired) electrons. The third-order valence-electron chi connectivity index (χ3n) is 4.14. The lowest BCUT2D eigenvalue weighted by Crippen LogP contribution is -2.39. The van der Waals surface area contributed by atoms with Crippen LogP contribution in [0.15, 0.2) is 24.3 Å². The van der Waals surface area contributed by atoms with Crippen molar-refractivity contribution in [3.8, 4) is 0 Å². The first-order valence-corrected chi connectivity index (χ1v) is 8.35. The molecule has 0 spiro atoms. The van der Waals surface area contributed by atoms with Crippen molar-refractivity contribution in [2.24, 2.45) is 5.92 Å². The van der Waals surface area contributed by atoms with Crippen LogP contribution in [0.5, 0.6) is 0 Å². The van der Waals surface area contributed by atoms with Crippen LogP contribution in [-0.2, 0) is 14.3 Å². The summed E-state index contributed by atoms with van der Waals surface area (Å²) < 4.78 is 4.97. The molecule has 1 aromatic carbocycles. The van der Waals surface area contributed by atoms with Gasteiger partial charge in [-0.2, -0.15) is 0 Å². The van der Waals surface area contributed by atoms with E-state index in [0.29, 0.717) is 24.7 Å². The summed E-state index contributed by atoms with van der Waals surface area (Å²) in [5, 5.41) is 2.64. The van der Waals surface area contributed by atoms with Crippen LogP contribution in [0.3, 0.4) is 0 Å². The zero-order valence-corrected chi connectivity index (χ0v) is 14.2. The summed E-state index contributed by atoms with van der Waals surface area (Å²) in [5.41, 5.74) is 0.646. The summed E-state index contributed by atoms with van der Waals surface area (Å²) in [6, 6.07) is 6.62. The zero-order valence-electron chi connectivity index (χ0n) is 14.2. The topological polar surface area (TPSA) is 75.7 Å². The molecule has 1 N–H and O–H groups in total. The van der Waals surface area contributed by atoms with E-state index in [4.69, 9.17) is 4.74 Å². The quantitative estimate of drug-likeness (QED) is 0.664. The van der Waals surface area contributed by atoms with Crippen LogP contribution in [0, 0.1) is 5.92 Å². The normalized spacial score (nSPS) is 15.0. The molecule has 6 nitrogen and oxygen atoms in total. The van der Waals surface area contributed by atoms with Crippen LogP contribution >= 0.6 is 0 Å². The smallest absolute Gasteiger partial charge is 0.340 e. The van der Waals surface area contributed by atoms with Gasteiger partial charge in [0.1, 0.15) is 6.42 Å². The van der Waals surface area contributed by atoms with E-state index in [-0.39, 0.29) is 24.5 Å². The molecule has 1 saturated heterocycles. The number of ether oxygens (including phenoxy) is 1. The van der Waals surface area contributed by atoms with E-state index in [9.17, 15) is 14.4 Å². The fourth-order valence-electron chi connectivity index (χ4n) is 2.68. The molecule has 2 rings (SSSR count). The van der Waals surface area contributed by atoms with Gasteiger partial charge in [-0.3, -0.25) is 9.59 Å². The highest BCUT2D eigenvalue weighted by Crippen LogP contribution is 2.18. The lowest BCUT2D eigenvalue weighted by atomic mass is 9.99. The van der Waals surface area contributed by atoms with Crippen LogP contribution in [0.25, 0.3) is 0 Å². The molecule has 6 heteroatoms. The van der Waals surface area contributed by atoms with Crippen LogP contribution in [0.4, 0.5) is 5.69 Å². The Labute approximate surface area is 142 Å². The van der Waals surface area contributed by atoms with E-state index >= 15 is 0 Å². The monoisotopic (exact) mass is 332 g/mol. The maximum atomic E-state index is 12.2. The Hall–Kier alpha value is -2.37. The lowest BCUT2D eigenvalue weighted by molar-refractivity contribution is -0.135. The van der Waals surface area contributed by atoms with Crippen molar-refractivity contribution in [1.29, 1.82) is 0 Å². The molecule has 1 aliphatic rings. The number of benzene rings is 1. The maximum absolute atomic E-state index is 12.2. The molecule has 0 unspecified atom stereocenters. The van der Waals surface area contributed by atoms with Crippen molar-refractivity contribution in [3.05, 3.63) is 29.8 Å². The predicted molar refractivity (Wildman–Crippen MR) is 90.6 cm³/mol. The first-order valence-electron chi connectivity index (χ1n) is 8.35. The summed E-state index contributed by atoms with van der Waals surface area (Å²) in [6.45, 7) is 5.55. The van der Waals surface area contributed by atoms with Crippen molar-refractivity contribution >= 4 is 23.5 Å². The number of amides is 2. The van der Waals surface area contributed by atoms with Crippen LogP contribution < -0.4 is 5.32 Å². The van der Waals surface area contributed by atoms with Crippen molar-refractivity contribution in [1.82, 2.24) is 4.90 Å². The SMILES string of the molecule is CCOC(=O)c1ccccc1NC(=O)CC(=O)N1CCC(C)CC1. The van der Waals surface area contributed by atoms with E-state index in [2.05, 4.69) is 12.2 Å². The molecule has 1 aromatic rings. The molecule has 0 atom stereocenters. The predicted octanol–water partition coefficient (Wildman–Crippen LogP) is 2.45. The number of hydrogen-bond acceptors (Lipinski definition) is 4. The van der Waals surface area contributed by atoms with Gasteiger partial charge in [-0.15, -0.1) is 0 Å². The second-order valence-corrected chi connectivity index (χ2v) is 6.05. The molecular weight excluding hydrogens is 308 g/mol.